The number of likely N-dealkylation sites (tertiary alicyclic amines) is 1. The number of rotatable bonds is 10. The quantitative estimate of drug-likeness (QED) is 0.113. The van der Waals surface area contributed by atoms with Crippen LogP contribution in [0.1, 0.15) is 76.3 Å². The smallest absolute Gasteiger partial charge is 0.324 e. The van der Waals surface area contributed by atoms with E-state index in [1.54, 1.807) is 44.1 Å². The van der Waals surface area contributed by atoms with Crippen molar-refractivity contribution in [1.29, 1.82) is 0 Å². The fraction of sp³-hybridized carbons (Fsp3) is 0.531. The van der Waals surface area contributed by atoms with Crippen LogP contribution in [0.15, 0.2) is 54.1 Å². The number of nitrogens with one attached hydrogen (secondary N) is 3. The van der Waals surface area contributed by atoms with Gasteiger partial charge in [-0.3, -0.25) is 29.2 Å². The zero-order valence-corrected chi connectivity index (χ0v) is 40.7. The van der Waals surface area contributed by atoms with E-state index in [1.807, 2.05) is 18.4 Å². The third-order valence-electron chi connectivity index (χ3n) is 13.6. The maximum Gasteiger partial charge on any atom is 0.324 e. The number of benzene rings is 1. The lowest BCUT2D eigenvalue weighted by molar-refractivity contribution is -0.155. The van der Waals surface area contributed by atoms with E-state index in [9.17, 15) is 24.0 Å². The van der Waals surface area contributed by atoms with Crippen molar-refractivity contribution in [3.05, 3.63) is 70.3 Å². The van der Waals surface area contributed by atoms with Crippen LogP contribution in [0.25, 0.3) is 33.4 Å². The average molecular weight is 937 g/mol. The first kappa shape index (κ1) is 47.8. The van der Waals surface area contributed by atoms with Crippen molar-refractivity contribution in [2.45, 2.75) is 110 Å². The zero-order valence-electron chi connectivity index (χ0n) is 39.9. The molecule has 4 aliphatic heterocycles. The number of hydrogen-bond acceptors (Lipinski definition) is 12. The van der Waals surface area contributed by atoms with E-state index in [0.717, 1.165) is 44.7 Å². The van der Waals surface area contributed by atoms with E-state index in [1.165, 1.54) is 21.2 Å². The molecule has 1 aromatic carbocycles. The predicted octanol–water partition coefficient (Wildman–Crippen LogP) is 4.70. The molecule has 358 valence electrons. The molecule has 7 heterocycles. The standard InChI is InChI=1S/C49H64N10O7S/c1-10-58-39-16-15-30-21-33(39)34(43(58)32-13-11-18-50-41(32)29(4)65-9)23-49(5,6)27-66-47(63)35-14-12-19-59(54-35)46(62)36(22-40-52-38(30)26-67-40)53-44(60)42(28(2)3)56(8)48(64)57-20-17-31(25-57)55(7)45(61)37-24-51-37/h11,13,15-16,18,21,26,29,31,35-37,42,51,54H,2,10,12,14,17,19-20,22-25,27H2,1,3-9H3,(H,53,60)/t29-,31+,35-,36-,37+,42-/m0/s1. The molecule has 18 heteroatoms. The number of cyclic esters (lactones) is 1. The molecule has 5 amide bonds. The van der Waals surface area contributed by atoms with Crippen molar-refractivity contribution >= 4 is 52.0 Å². The lowest BCUT2D eigenvalue weighted by atomic mass is 9.84. The molecular weight excluding hydrogens is 873 g/mol. The highest BCUT2D eigenvalue weighted by Gasteiger charge is 2.41. The van der Waals surface area contributed by atoms with Crippen LogP contribution in [0.5, 0.6) is 0 Å². The number of esters is 1. The second-order valence-corrected chi connectivity index (χ2v) is 20.2. The Labute approximate surface area is 396 Å². The molecule has 17 nitrogen and oxygen atoms in total. The summed E-state index contributed by atoms with van der Waals surface area (Å²) in [5, 5.41) is 11.0. The van der Waals surface area contributed by atoms with Crippen LogP contribution in [0.4, 0.5) is 4.79 Å². The van der Waals surface area contributed by atoms with Gasteiger partial charge in [0.25, 0.3) is 5.91 Å². The van der Waals surface area contributed by atoms with Gasteiger partial charge in [0.05, 0.1) is 46.9 Å². The highest BCUT2D eigenvalue weighted by atomic mass is 32.1. The summed E-state index contributed by atoms with van der Waals surface area (Å²) in [6.45, 7) is 16.6. The Morgan fingerprint density at radius 2 is 1.93 bits per heavy atom. The number of likely N-dealkylation sites (N-methyl/N-ethyl adjacent to an activating group) is 2. The minimum absolute atomic E-state index is 0.00322. The normalized spacial score (nSPS) is 22.7. The Bertz CT molecular complexity index is 2570. The predicted molar refractivity (Wildman–Crippen MR) is 256 cm³/mol. The highest BCUT2D eigenvalue weighted by molar-refractivity contribution is 7.10. The van der Waals surface area contributed by atoms with Crippen molar-refractivity contribution in [3.8, 4) is 22.5 Å². The molecule has 3 saturated heterocycles. The van der Waals surface area contributed by atoms with E-state index in [2.05, 4.69) is 72.2 Å². The monoisotopic (exact) mass is 936 g/mol. The summed E-state index contributed by atoms with van der Waals surface area (Å²) in [5.41, 5.74) is 9.61. The number of methoxy groups -OCH3 is 1. The van der Waals surface area contributed by atoms with Crippen LogP contribution in [0, 0.1) is 5.41 Å². The van der Waals surface area contributed by atoms with E-state index >= 15 is 0 Å². The Hall–Kier alpha value is -5.69. The van der Waals surface area contributed by atoms with Gasteiger partial charge in [-0.25, -0.2) is 15.2 Å². The van der Waals surface area contributed by atoms with Gasteiger partial charge in [0.2, 0.25) is 11.8 Å². The lowest BCUT2D eigenvalue weighted by Crippen LogP contribution is -2.62. The first-order valence-corrected chi connectivity index (χ1v) is 24.2. The largest absolute Gasteiger partial charge is 0.464 e. The van der Waals surface area contributed by atoms with Gasteiger partial charge in [-0.2, -0.15) is 0 Å². The number of amides is 5. The number of urea groups is 1. The van der Waals surface area contributed by atoms with Crippen molar-refractivity contribution in [2.75, 3.05) is 54.0 Å². The molecule has 4 aliphatic rings. The minimum atomic E-state index is -1.12. The Morgan fingerprint density at radius 3 is 2.64 bits per heavy atom. The maximum atomic E-state index is 14.6. The van der Waals surface area contributed by atoms with Crippen LogP contribution in [0.3, 0.4) is 0 Å². The van der Waals surface area contributed by atoms with E-state index < -0.39 is 41.3 Å². The molecule has 0 unspecified atom stereocenters. The van der Waals surface area contributed by atoms with Crippen molar-refractivity contribution < 1.29 is 33.4 Å². The third kappa shape index (κ3) is 9.85. The Morgan fingerprint density at radius 1 is 1.15 bits per heavy atom. The van der Waals surface area contributed by atoms with Crippen molar-refractivity contribution in [1.82, 2.24) is 50.3 Å². The second-order valence-electron chi connectivity index (χ2n) is 19.2. The summed E-state index contributed by atoms with van der Waals surface area (Å²) in [4.78, 5) is 84.3. The molecule has 8 rings (SSSR count). The molecule has 4 aromatic rings. The van der Waals surface area contributed by atoms with E-state index in [-0.39, 0.29) is 43.2 Å². The van der Waals surface area contributed by atoms with Gasteiger partial charge in [-0.05, 0) is 81.9 Å². The number of ether oxygens (including phenoxy) is 2. The van der Waals surface area contributed by atoms with Crippen LogP contribution in [0.2, 0.25) is 0 Å². The van der Waals surface area contributed by atoms with Gasteiger partial charge in [0.15, 0.2) is 0 Å². The van der Waals surface area contributed by atoms with Gasteiger partial charge in [0.1, 0.15) is 18.1 Å². The SMILES string of the molecule is C=C(C)[C@@H](C(=O)N[C@H]1Cc2nc(cs2)-c2ccc3c(c2)c(c(-c2cccnc2[C@H](C)OC)n3CC)CC(C)(C)COC(=O)[C@@H]2CCCN(N2)C1=O)N(C)C(=O)N1CC[C@@H](N(C)C(=O)[C@H]2CN2)C1. The molecule has 0 spiro atoms. The van der Waals surface area contributed by atoms with Gasteiger partial charge in [0, 0.05) is 99.4 Å². The van der Waals surface area contributed by atoms with Crippen LogP contribution >= 0.6 is 11.3 Å². The van der Waals surface area contributed by atoms with Gasteiger partial charge in [-0.15, -0.1) is 11.3 Å². The number of thiazole rings is 1. The number of aromatic nitrogens is 3. The molecular formula is C49H64N10O7S. The number of hydrogen-bond donors (Lipinski definition) is 3. The highest BCUT2D eigenvalue weighted by Crippen LogP contribution is 2.42. The van der Waals surface area contributed by atoms with E-state index in [0.29, 0.717) is 69.0 Å². The minimum Gasteiger partial charge on any atom is -0.464 e. The first-order valence-electron chi connectivity index (χ1n) is 23.3. The van der Waals surface area contributed by atoms with Gasteiger partial charge in [-0.1, -0.05) is 26.5 Å². The van der Waals surface area contributed by atoms with Crippen LogP contribution in [-0.2, 0) is 48.0 Å². The summed E-state index contributed by atoms with van der Waals surface area (Å²) < 4.78 is 14.2. The van der Waals surface area contributed by atoms with Crippen LogP contribution in [-0.4, -0.2) is 148 Å². The zero-order chi connectivity index (χ0) is 47.9. The number of hydrazine groups is 1. The maximum absolute atomic E-state index is 14.6. The molecule has 67 heavy (non-hydrogen) atoms. The first-order chi connectivity index (χ1) is 32.0. The molecule has 0 radical (unpaired) electrons. The third-order valence-corrected chi connectivity index (χ3v) is 14.5. The van der Waals surface area contributed by atoms with E-state index in [4.69, 9.17) is 19.4 Å². The van der Waals surface area contributed by atoms with Crippen molar-refractivity contribution in [3.63, 3.8) is 0 Å². The summed E-state index contributed by atoms with van der Waals surface area (Å²) in [6.07, 6.45) is 3.74. The summed E-state index contributed by atoms with van der Waals surface area (Å²) in [7, 11) is 4.99. The number of carbonyl (C=O) groups is 5. The van der Waals surface area contributed by atoms with Crippen molar-refractivity contribution in [2.24, 2.45) is 5.41 Å². The molecule has 3 N–H and O–H groups in total. The average Bonchev–Trinajstić information content (AvgIpc) is 3.72. The fourth-order valence-corrected chi connectivity index (χ4v) is 10.6. The number of pyridine rings is 1. The van der Waals surface area contributed by atoms with Crippen LogP contribution < -0.4 is 16.1 Å². The number of fused-ring (bicyclic) bond motifs is 6. The molecule has 3 aromatic heterocycles. The summed E-state index contributed by atoms with van der Waals surface area (Å²) >= 11 is 1.39. The lowest BCUT2D eigenvalue weighted by Gasteiger charge is -2.36. The fourth-order valence-electron chi connectivity index (χ4n) is 9.77. The summed E-state index contributed by atoms with van der Waals surface area (Å²) in [5.74, 6) is -1.49. The number of carbonyl (C=O) groups excluding carboxylic acids is 5. The number of nitrogens with zero attached hydrogens (tertiary/aromatic N) is 7. The molecule has 3 fully saturated rings. The molecule has 6 bridgehead atoms. The second kappa shape index (κ2) is 19.5. The van der Waals surface area contributed by atoms with Gasteiger partial charge >= 0.3 is 12.0 Å². The van der Waals surface area contributed by atoms with Gasteiger partial charge < -0.3 is 39.4 Å². The Balaban J connectivity index is 1.13. The number of aryl methyl sites for hydroxylation is 1. The summed E-state index contributed by atoms with van der Waals surface area (Å²) in [6, 6.07) is 6.64. The Kier molecular flexibility index (Phi) is 13.9. The topological polar surface area (TPSA) is 193 Å². The molecule has 0 saturated carbocycles. The molecule has 0 aliphatic carbocycles. The molecule has 6 atom stereocenters.